The van der Waals surface area contributed by atoms with Crippen molar-refractivity contribution in [2.24, 2.45) is 0 Å². The van der Waals surface area contributed by atoms with Gasteiger partial charge in [-0.05, 0) is 90.3 Å². The minimum Gasteiger partial charge on any atom is -0.0616 e. The van der Waals surface area contributed by atoms with Crippen LogP contribution in [0.1, 0.15) is 49.9 Å². The van der Waals surface area contributed by atoms with Crippen LogP contribution >= 0.6 is 0 Å². The third kappa shape index (κ3) is 3.44. The van der Waals surface area contributed by atoms with Crippen molar-refractivity contribution >= 4 is 21.5 Å². The molecule has 1 aliphatic rings. The van der Waals surface area contributed by atoms with Gasteiger partial charge in [0.05, 0.1) is 0 Å². The summed E-state index contributed by atoms with van der Waals surface area (Å²) in [5.41, 5.74) is 10.7. The van der Waals surface area contributed by atoms with Crippen molar-refractivity contribution in [2.75, 3.05) is 0 Å². The maximum absolute atomic E-state index is 2.45. The zero-order valence-corrected chi connectivity index (χ0v) is 22.5. The van der Waals surface area contributed by atoms with Crippen molar-refractivity contribution in [2.45, 2.75) is 38.5 Å². The molecule has 1 aliphatic carbocycles. The van der Waals surface area contributed by atoms with Gasteiger partial charge in [0.2, 0.25) is 0 Å². The van der Waals surface area contributed by atoms with Crippen LogP contribution in [0.2, 0.25) is 0 Å². The SMILES string of the molecule is CC1(C)c2ccc(-c3ccc4ccccc4c3)cc2C(C)(C)c2ccc(-c3ccc4ccccc4c3)cc21. The third-order valence-electron chi connectivity index (χ3n) is 8.90. The Morgan fingerprint density at radius 1 is 0.316 bits per heavy atom. The molecule has 6 aromatic rings. The van der Waals surface area contributed by atoms with E-state index in [2.05, 4.69) is 149 Å². The lowest BCUT2D eigenvalue weighted by Gasteiger charge is -2.44. The summed E-state index contributed by atoms with van der Waals surface area (Å²) in [6.07, 6.45) is 0. The van der Waals surface area contributed by atoms with E-state index in [0.29, 0.717) is 0 Å². The van der Waals surface area contributed by atoms with Crippen molar-refractivity contribution in [1.82, 2.24) is 0 Å². The van der Waals surface area contributed by atoms with Gasteiger partial charge in [-0.1, -0.05) is 125 Å². The minimum absolute atomic E-state index is 0.0883. The second kappa shape index (κ2) is 8.17. The molecule has 0 bridgehead atoms. The average molecular weight is 489 g/mol. The number of fused-ring (bicyclic) bond motifs is 4. The number of hydrogen-bond donors (Lipinski definition) is 0. The van der Waals surface area contributed by atoms with Gasteiger partial charge in [0.15, 0.2) is 0 Å². The smallest absolute Gasteiger partial charge is 0.0152 e. The van der Waals surface area contributed by atoms with Crippen LogP contribution in [0.25, 0.3) is 43.8 Å². The van der Waals surface area contributed by atoms with Crippen LogP contribution < -0.4 is 0 Å². The minimum atomic E-state index is -0.0883. The fourth-order valence-electron chi connectivity index (χ4n) is 6.60. The maximum atomic E-state index is 2.45. The fourth-order valence-corrected chi connectivity index (χ4v) is 6.60. The normalized spacial score (nSPS) is 15.3. The zero-order chi connectivity index (χ0) is 26.1. The Morgan fingerprint density at radius 2 is 0.658 bits per heavy atom. The predicted octanol–water partition coefficient (Wildman–Crippen LogP) is 10.3. The van der Waals surface area contributed by atoms with Gasteiger partial charge in [-0.15, -0.1) is 0 Å². The van der Waals surface area contributed by atoms with Crippen molar-refractivity contribution in [3.63, 3.8) is 0 Å². The van der Waals surface area contributed by atoms with E-state index in [4.69, 9.17) is 0 Å². The average Bonchev–Trinajstić information content (AvgIpc) is 2.95. The maximum Gasteiger partial charge on any atom is 0.0152 e. The highest BCUT2D eigenvalue weighted by Gasteiger charge is 2.41. The molecule has 0 aromatic heterocycles. The fraction of sp³-hybridized carbons (Fsp3) is 0.158. The van der Waals surface area contributed by atoms with Gasteiger partial charge in [-0.3, -0.25) is 0 Å². The summed E-state index contributed by atoms with van der Waals surface area (Å²) >= 11 is 0. The van der Waals surface area contributed by atoms with Gasteiger partial charge in [-0.25, -0.2) is 0 Å². The molecule has 6 aromatic carbocycles. The molecular formula is C38H32. The van der Waals surface area contributed by atoms with Gasteiger partial charge < -0.3 is 0 Å². The van der Waals surface area contributed by atoms with Crippen molar-refractivity contribution < 1.29 is 0 Å². The summed E-state index contributed by atoms with van der Waals surface area (Å²) < 4.78 is 0. The highest BCUT2D eigenvalue weighted by atomic mass is 14.4. The Bertz CT molecular complexity index is 1730. The van der Waals surface area contributed by atoms with E-state index in [1.807, 2.05) is 0 Å². The lowest BCUT2D eigenvalue weighted by atomic mass is 9.59. The van der Waals surface area contributed by atoms with Crippen molar-refractivity contribution in [3.05, 3.63) is 144 Å². The van der Waals surface area contributed by atoms with Crippen LogP contribution in [-0.4, -0.2) is 0 Å². The summed E-state index contributed by atoms with van der Waals surface area (Å²) in [6.45, 7) is 9.55. The summed E-state index contributed by atoms with van der Waals surface area (Å²) in [6, 6.07) is 45.1. The van der Waals surface area contributed by atoms with Crippen LogP contribution in [0.5, 0.6) is 0 Å². The molecule has 0 nitrogen and oxygen atoms in total. The summed E-state index contributed by atoms with van der Waals surface area (Å²) in [7, 11) is 0. The van der Waals surface area contributed by atoms with Gasteiger partial charge in [0, 0.05) is 10.8 Å². The Labute approximate surface area is 225 Å². The lowest BCUT2D eigenvalue weighted by Crippen LogP contribution is -2.36. The molecule has 0 aliphatic heterocycles. The Kier molecular flexibility index (Phi) is 4.94. The molecule has 0 unspecified atom stereocenters. The first-order valence-electron chi connectivity index (χ1n) is 13.6. The largest absolute Gasteiger partial charge is 0.0616 e. The predicted molar refractivity (Wildman–Crippen MR) is 163 cm³/mol. The second-order valence-corrected chi connectivity index (χ2v) is 11.9. The van der Waals surface area contributed by atoms with Gasteiger partial charge >= 0.3 is 0 Å². The standard InChI is InChI=1S/C38H32/c1-37(2)33-19-17-32(30-16-14-26-10-6-8-12-28(26)22-30)24-36(33)38(3,4)34-20-18-31(23-35(34)37)29-15-13-25-9-5-7-11-27(25)21-29/h5-24H,1-4H3. The molecule has 0 saturated heterocycles. The molecule has 0 radical (unpaired) electrons. The van der Waals surface area contributed by atoms with E-state index < -0.39 is 0 Å². The Morgan fingerprint density at radius 3 is 1.08 bits per heavy atom. The van der Waals surface area contributed by atoms with E-state index in [0.717, 1.165) is 0 Å². The van der Waals surface area contributed by atoms with E-state index in [1.165, 1.54) is 66.1 Å². The van der Waals surface area contributed by atoms with E-state index in [9.17, 15) is 0 Å². The summed E-state index contributed by atoms with van der Waals surface area (Å²) in [5, 5.41) is 5.14. The van der Waals surface area contributed by atoms with Crippen molar-refractivity contribution in [3.8, 4) is 22.3 Å². The van der Waals surface area contributed by atoms with E-state index in [-0.39, 0.29) is 10.8 Å². The molecule has 7 rings (SSSR count). The number of hydrogen-bond acceptors (Lipinski definition) is 0. The van der Waals surface area contributed by atoms with Crippen LogP contribution in [-0.2, 0) is 10.8 Å². The Hall–Kier alpha value is -4.16. The topological polar surface area (TPSA) is 0 Å². The zero-order valence-electron chi connectivity index (χ0n) is 22.5. The molecular weight excluding hydrogens is 456 g/mol. The molecule has 0 atom stereocenters. The molecule has 184 valence electrons. The number of benzene rings is 6. The second-order valence-electron chi connectivity index (χ2n) is 11.9. The summed E-state index contributed by atoms with van der Waals surface area (Å²) in [5.74, 6) is 0. The summed E-state index contributed by atoms with van der Waals surface area (Å²) in [4.78, 5) is 0. The molecule has 0 amide bonds. The van der Waals surface area contributed by atoms with Gasteiger partial charge in [-0.2, -0.15) is 0 Å². The van der Waals surface area contributed by atoms with Gasteiger partial charge in [0.25, 0.3) is 0 Å². The van der Waals surface area contributed by atoms with E-state index in [1.54, 1.807) is 0 Å². The monoisotopic (exact) mass is 488 g/mol. The van der Waals surface area contributed by atoms with Gasteiger partial charge in [0.1, 0.15) is 0 Å². The number of rotatable bonds is 2. The van der Waals surface area contributed by atoms with Crippen LogP contribution in [0.15, 0.2) is 121 Å². The third-order valence-corrected chi connectivity index (χ3v) is 8.90. The highest BCUT2D eigenvalue weighted by molar-refractivity contribution is 5.89. The highest BCUT2D eigenvalue weighted by Crippen LogP contribution is 2.51. The molecule has 0 heteroatoms. The first-order valence-corrected chi connectivity index (χ1v) is 13.6. The lowest BCUT2D eigenvalue weighted by molar-refractivity contribution is 0.521. The molecule has 0 saturated carbocycles. The quantitative estimate of drug-likeness (QED) is 0.227. The molecule has 0 heterocycles. The molecule has 0 spiro atoms. The molecule has 0 fully saturated rings. The van der Waals surface area contributed by atoms with Crippen LogP contribution in [0.4, 0.5) is 0 Å². The Balaban J connectivity index is 1.35. The molecule has 0 N–H and O–H groups in total. The van der Waals surface area contributed by atoms with Crippen LogP contribution in [0.3, 0.4) is 0 Å². The first-order chi connectivity index (χ1) is 18.3. The first kappa shape index (κ1) is 23.0. The van der Waals surface area contributed by atoms with Crippen molar-refractivity contribution in [1.29, 1.82) is 0 Å². The molecule has 38 heavy (non-hydrogen) atoms. The van der Waals surface area contributed by atoms with Crippen LogP contribution in [0, 0.1) is 0 Å². The van der Waals surface area contributed by atoms with E-state index >= 15 is 0 Å².